The maximum absolute atomic E-state index is 13.8. The molecule has 0 N–H and O–H groups in total. The number of rotatable bonds is 4. The number of furan rings is 1. The van der Waals surface area contributed by atoms with Crippen LogP contribution in [0, 0.1) is 6.92 Å². The zero-order valence-corrected chi connectivity index (χ0v) is 20.5. The molecule has 0 saturated heterocycles. The minimum absolute atomic E-state index is 0.0944. The van der Waals surface area contributed by atoms with E-state index >= 15 is 0 Å². The van der Waals surface area contributed by atoms with E-state index in [1.165, 1.54) is 16.9 Å². The topological polar surface area (TPSA) is 66.0 Å². The number of aromatic nitrogens is 1. The summed E-state index contributed by atoms with van der Waals surface area (Å²) in [4.78, 5) is 19.5. The molecule has 6 rings (SSSR count). The van der Waals surface area contributed by atoms with Gasteiger partial charge in [0.2, 0.25) is 0 Å². The standard InChI is InChI=1S/C28H24N2O4S/c1-16-8-10-19(34-16)15-24-27(31)30-26(22-14-18(32-2)11-13-23(22)33-3)21-12-9-17-6-4-5-7-20(17)25(21)29-28(30)35-24/h4-8,10-11,13-15,26H,9,12H2,1-3H3. The molecule has 7 heteroatoms. The van der Waals surface area contributed by atoms with Crippen molar-refractivity contribution < 1.29 is 13.9 Å². The van der Waals surface area contributed by atoms with E-state index in [1.807, 2.05) is 43.3 Å². The van der Waals surface area contributed by atoms with Crippen molar-refractivity contribution in [1.29, 1.82) is 0 Å². The minimum Gasteiger partial charge on any atom is -0.497 e. The minimum atomic E-state index is -0.347. The first-order chi connectivity index (χ1) is 17.1. The van der Waals surface area contributed by atoms with Crippen LogP contribution in [0.25, 0.3) is 11.8 Å². The molecule has 0 amide bonds. The van der Waals surface area contributed by atoms with Crippen LogP contribution in [-0.2, 0) is 6.42 Å². The Kier molecular flexibility index (Phi) is 5.22. The Labute approximate surface area is 206 Å². The van der Waals surface area contributed by atoms with Crippen molar-refractivity contribution >= 4 is 23.1 Å². The molecule has 0 bridgehead atoms. The first-order valence-corrected chi connectivity index (χ1v) is 12.3. The highest BCUT2D eigenvalue weighted by molar-refractivity contribution is 7.07. The van der Waals surface area contributed by atoms with Gasteiger partial charge in [0.15, 0.2) is 4.80 Å². The van der Waals surface area contributed by atoms with Crippen molar-refractivity contribution in [2.75, 3.05) is 14.2 Å². The van der Waals surface area contributed by atoms with Crippen LogP contribution in [0.3, 0.4) is 0 Å². The molecular weight excluding hydrogens is 460 g/mol. The maximum atomic E-state index is 13.8. The SMILES string of the molecule is COc1ccc(OC)c(C2C3=C(N=c4sc(=Cc5ccc(C)o5)c(=O)n42)c2ccccc2CC3)c1. The third kappa shape index (κ3) is 3.54. The summed E-state index contributed by atoms with van der Waals surface area (Å²) in [6.45, 7) is 1.89. The van der Waals surface area contributed by atoms with E-state index < -0.39 is 0 Å². The number of benzene rings is 2. The zero-order chi connectivity index (χ0) is 24.1. The smallest absolute Gasteiger partial charge is 0.271 e. The first-order valence-electron chi connectivity index (χ1n) is 11.5. The molecule has 2 aromatic heterocycles. The second-order valence-corrected chi connectivity index (χ2v) is 9.68. The van der Waals surface area contributed by atoms with Gasteiger partial charge in [0.1, 0.15) is 23.0 Å². The average molecular weight is 485 g/mol. The third-order valence-electron chi connectivity index (χ3n) is 6.64. The summed E-state index contributed by atoms with van der Waals surface area (Å²) in [5.41, 5.74) is 5.25. The van der Waals surface area contributed by atoms with Crippen molar-refractivity contribution in [3.63, 3.8) is 0 Å². The number of nitrogens with zero attached hydrogens (tertiary/aromatic N) is 2. The molecule has 1 atom stereocenters. The van der Waals surface area contributed by atoms with Crippen LogP contribution in [0.5, 0.6) is 11.5 Å². The lowest BCUT2D eigenvalue weighted by Crippen LogP contribution is -2.39. The lowest BCUT2D eigenvalue weighted by molar-refractivity contribution is 0.392. The number of allylic oxidation sites excluding steroid dienone is 1. The van der Waals surface area contributed by atoms with E-state index in [9.17, 15) is 4.79 Å². The van der Waals surface area contributed by atoms with Gasteiger partial charge in [0, 0.05) is 17.2 Å². The molecule has 176 valence electrons. The van der Waals surface area contributed by atoms with Gasteiger partial charge in [-0.3, -0.25) is 9.36 Å². The van der Waals surface area contributed by atoms with Crippen LogP contribution >= 0.6 is 11.3 Å². The van der Waals surface area contributed by atoms with Gasteiger partial charge in [-0.25, -0.2) is 4.99 Å². The third-order valence-corrected chi connectivity index (χ3v) is 7.62. The molecule has 0 fully saturated rings. The molecule has 1 aliphatic carbocycles. The fourth-order valence-electron chi connectivity index (χ4n) is 5.01. The maximum Gasteiger partial charge on any atom is 0.271 e. The number of thiazole rings is 1. The van der Waals surface area contributed by atoms with E-state index in [1.54, 1.807) is 24.9 Å². The highest BCUT2D eigenvalue weighted by Crippen LogP contribution is 2.44. The Morgan fingerprint density at radius 3 is 2.71 bits per heavy atom. The second-order valence-electron chi connectivity index (χ2n) is 8.67. The van der Waals surface area contributed by atoms with Crippen LogP contribution in [-0.4, -0.2) is 18.8 Å². The summed E-state index contributed by atoms with van der Waals surface area (Å²) in [6.07, 6.45) is 3.50. The molecular formula is C28H24N2O4S. The number of methoxy groups -OCH3 is 2. The van der Waals surface area contributed by atoms with Gasteiger partial charge in [-0.05, 0) is 61.2 Å². The van der Waals surface area contributed by atoms with Gasteiger partial charge in [-0.2, -0.15) is 0 Å². The van der Waals surface area contributed by atoms with Gasteiger partial charge in [-0.1, -0.05) is 35.6 Å². The number of hydrogen-bond acceptors (Lipinski definition) is 6. The van der Waals surface area contributed by atoms with E-state index in [4.69, 9.17) is 18.9 Å². The lowest BCUT2D eigenvalue weighted by Gasteiger charge is -2.31. The van der Waals surface area contributed by atoms with Crippen molar-refractivity contribution in [3.05, 3.63) is 108 Å². The second kappa shape index (κ2) is 8.43. The number of aryl methyl sites for hydroxylation is 2. The molecule has 0 spiro atoms. The molecule has 2 aliphatic rings. The summed E-state index contributed by atoms with van der Waals surface area (Å²) in [5.74, 6) is 2.87. The predicted octanol–water partition coefficient (Wildman–Crippen LogP) is 4.24. The van der Waals surface area contributed by atoms with Gasteiger partial charge in [-0.15, -0.1) is 0 Å². The van der Waals surface area contributed by atoms with Crippen LogP contribution in [0.1, 0.15) is 40.7 Å². The average Bonchev–Trinajstić information content (AvgIpc) is 3.44. The summed E-state index contributed by atoms with van der Waals surface area (Å²) >= 11 is 1.38. The Morgan fingerprint density at radius 2 is 1.94 bits per heavy atom. The van der Waals surface area contributed by atoms with Crippen molar-refractivity contribution in [3.8, 4) is 11.5 Å². The first kappa shape index (κ1) is 21.7. The van der Waals surface area contributed by atoms with Crippen LogP contribution in [0.2, 0.25) is 0 Å². The highest BCUT2D eigenvalue weighted by Gasteiger charge is 2.34. The molecule has 35 heavy (non-hydrogen) atoms. The van der Waals surface area contributed by atoms with E-state index in [0.29, 0.717) is 26.6 Å². The molecule has 0 radical (unpaired) electrons. The van der Waals surface area contributed by atoms with Crippen molar-refractivity contribution in [2.45, 2.75) is 25.8 Å². The number of ether oxygens (including phenoxy) is 2. The monoisotopic (exact) mass is 484 g/mol. The van der Waals surface area contributed by atoms with E-state index in [2.05, 4.69) is 18.2 Å². The van der Waals surface area contributed by atoms with Crippen LogP contribution < -0.4 is 24.4 Å². The van der Waals surface area contributed by atoms with Crippen molar-refractivity contribution in [1.82, 2.24) is 4.57 Å². The summed E-state index contributed by atoms with van der Waals surface area (Å²) in [5, 5.41) is 0. The zero-order valence-electron chi connectivity index (χ0n) is 19.7. The van der Waals surface area contributed by atoms with E-state index in [-0.39, 0.29) is 11.6 Å². The molecule has 1 unspecified atom stereocenters. The molecule has 3 heterocycles. The Morgan fingerprint density at radius 1 is 1.09 bits per heavy atom. The van der Waals surface area contributed by atoms with Gasteiger partial charge >= 0.3 is 0 Å². The lowest BCUT2D eigenvalue weighted by atomic mass is 9.83. The number of hydrogen-bond donors (Lipinski definition) is 0. The molecule has 1 aliphatic heterocycles. The Bertz CT molecular complexity index is 1670. The van der Waals surface area contributed by atoms with Gasteiger partial charge in [0.25, 0.3) is 5.56 Å². The fourth-order valence-corrected chi connectivity index (χ4v) is 5.99. The summed E-state index contributed by atoms with van der Waals surface area (Å²) < 4.78 is 19.4. The Hall–Kier alpha value is -3.84. The molecule has 2 aromatic carbocycles. The molecule has 4 aromatic rings. The van der Waals surface area contributed by atoms with Gasteiger partial charge < -0.3 is 13.9 Å². The van der Waals surface area contributed by atoms with E-state index in [0.717, 1.165) is 41.0 Å². The van der Waals surface area contributed by atoms with Crippen molar-refractivity contribution in [2.24, 2.45) is 4.99 Å². The highest BCUT2D eigenvalue weighted by atomic mass is 32.1. The number of fused-ring (bicyclic) bond motifs is 3. The predicted molar refractivity (Wildman–Crippen MR) is 136 cm³/mol. The largest absolute Gasteiger partial charge is 0.497 e. The van der Waals surface area contributed by atoms with Gasteiger partial charge in [0.05, 0.1) is 30.5 Å². The Balaban J connectivity index is 1.67. The quantitative estimate of drug-likeness (QED) is 0.435. The summed E-state index contributed by atoms with van der Waals surface area (Å²) in [6, 6.07) is 17.5. The fraction of sp³-hybridized carbons (Fsp3) is 0.214. The van der Waals surface area contributed by atoms with Crippen LogP contribution in [0.4, 0.5) is 0 Å². The normalized spacial score (nSPS) is 16.9. The molecule has 0 saturated carbocycles. The molecule has 6 nitrogen and oxygen atoms in total. The summed E-state index contributed by atoms with van der Waals surface area (Å²) in [7, 11) is 3.30. The van der Waals surface area contributed by atoms with Crippen LogP contribution in [0.15, 0.2) is 74.4 Å².